The molecule has 2 aliphatic heterocycles. The van der Waals surface area contributed by atoms with Gasteiger partial charge in [-0.05, 0) is 55.8 Å². The predicted octanol–water partition coefficient (Wildman–Crippen LogP) is 0.929. The Hall–Kier alpha value is -1.41. The van der Waals surface area contributed by atoms with Crippen LogP contribution in [0.1, 0.15) is 38.8 Å². The minimum atomic E-state index is -4.55. The van der Waals surface area contributed by atoms with Gasteiger partial charge in [-0.2, -0.15) is 4.58 Å². The molecule has 4 rings (SSSR count). The number of allylic oxidation sites excluding steroid dienone is 6. The van der Waals surface area contributed by atoms with Crippen molar-refractivity contribution >= 4 is 37.3 Å². The largest absolute Gasteiger partial charge is 1.00 e. The molecule has 0 aromatic heterocycles. The van der Waals surface area contributed by atoms with Crippen molar-refractivity contribution in [2.24, 2.45) is 0 Å². The molecule has 2 aliphatic rings. The number of hydrogen-bond donors (Lipinski definition) is 0. The number of likely N-dealkylation sites (N-methyl/N-ethyl adjacent to an activating group) is 1. The molecule has 0 bridgehead atoms. The van der Waals surface area contributed by atoms with Crippen LogP contribution < -0.4 is 56.3 Å². The van der Waals surface area contributed by atoms with Gasteiger partial charge in [0, 0.05) is 41.6 Å². The molecule has 11 heteroatoms. The third-order valence-corrected chi connectivity index (χ3v) is 8.98. The Morgan fingerprint density at radius 1 is 0.816 bits per heavy atom. The summed E-state index contributed by atoms with van der Waals surface area (Å²) in [5.74, 6) is 0. The number of benzene rings is 2. The average molecular weight is 581 g/mol. The summed E-state index contributed by atoms with van der Waals surface area (Å²) < 4.78 is 71.1. The van der Waals surface area contributed by atoms with Crippen molar-refractivity contribution in [2.75, 3.05) is 19.0 Å². The summed E-state index contributed by atoms with van der Waals surface area (Å²) in [6.07, 6.45) is 9.55. The van der Waals surface area contributed by atoms with Crippen LogP contribution in [0.2, 0.25) is 0 Å². The van der Waals surface area contributed by atoms with E-state index in [0.29, 0.717) is 0 Å². The van der Waals surface area contributed by atoms with Gasteiger partial charge in [0.2, 0.25) is 5.69 Å². The molecule has 2 aromatic carbocycles. The first-order valence-electron chi connectivity index (χ1n) is 11.6. The third-order valence-electron chi connectivity index (χ3n) is 7.32. The van der Waals surface area contributed by atoms with E-state index in [2.05, 4.69) is 0 Å². The van der Waals surface area contributed by atoms with E-state index in [1.54, 1.807) is 12.1 Å². The molecule has 2 heterocycles. The SMILES string of the molecule is CN1/C(=C/C=C/C=C/C2=[N+](C)c3ccc(S(=O)(=O)[O-])cc3C2(C)C)C(C)(C)c2cc(S(=O)(=O)[O-])ccc21.[K+]. The van der Waals surface area contributed by atoms with E-state index >= 15 is 0 Å². The van der Waals surface area contributed by atoms with Crippen LogP contribution >= 0.6 is 0 Å². The first-order chi connectivity index (χ1) is 17.0. The summed E-state index contributed by atoms with van der Waals surface area (Å²) in [5, 5.41) is 0. The molecule has 8 nitrogen and oxygen atoms in total. The smallest absolute Gasteiger partial charge is 0.744 e. The standard InChI is InChI=1S/C27H30N2O6S2.K/c1-26(2)20-16-18(36(30,31)32)12-14-22(20)28(5)24(26)10-8-7-9-11-25-27(3,4)21-17-19(37(33,34)35)13-15-23(21)29(25)6;/h7-17H,1-6H3,(H-,30,31,32,33,34,35);/q;+1/p-1. The van der Waals surface area contributed by atoms with Gasteiger partial charge in [-0.15, -0.1) is 0 Å². The normalized spacial score (nSPS) is 19.4. The number of fused-ring (bicyclic) bond motifs is 2. The molecular formula is C27H29KN2O6S2. The zero-order chi connectivity index (χ0) is 27.6. The van der Waals surface area contributed by atoms with Gasteiger partial charge in [0.1, 0.15) is 27.3 Å². The summed E-state index contributed by atoms with van der Waals surface area (Å²) in [4.78, 5) is 1.49. The fraction of sp³-hybridized carbons (Fsp3) is 0.296. The Labute approximate surface area is 267 Å². The van der Waals surface area contributed by atoms with Crippen molar-refractivity contribution in [3.8, 4) is 0 Å². The minimum absolute atomic E-state index is 0. The molecule has 38 heavy (non-hydrogen) atoms. The first-order valence-corrected chi connectivity index (χ1v) is 14.4. The summed E-state index contributed by atoms with van der Waals surface area (Å²) in [5.41, 5.74) is 4.08. The Morgan fingerprint density at radius 2 is 1.37 bits per heavy atom. The van der Waals surface area contributed by atoms with Gasteiger partial charge in [0.05, 0.1) is 15.2 Å². The van der Waals surface area contributed by atoms with Gasteiger partial charge < -0.3 is 14.0 Å². The van der Waals surface area contributed by atoms with Crippen molar-refractivity contribution in [1.29, 1.82) is 0 Å². The maximum Gasteiger partial charge on any atom is 1.00 e. The molecule has 0 aliphatic carbocycles. The fourth-order valence-corrected chi connectivity index (χ4v) is 6.29. The van der Waals surface area contributed by atoms with Crippen LogP contribution in [-0.4, -0.2) is 50.3 Å². The molecule has 0 saturated heterocycles. The minimum Gasteiger partial charge on any atom is -0.744 e. The van der Waals surface area contributed by atoms with E-state index in [0.717, 1.165) is 33.9 Å². The van der Waals surface area contributed by atoms with Crippen molar-refractivity contribution in [2.45, 2.75) is 48.3 Å². The average Bonchev–Trinajstić information content (AvgIpc) is 3.10. The van der Waals surface area contributed by atoms with Crippen LogP contribution in [0, 0.1) is 0 Å². The second-order valence-corrected chi connectivity index (χ2v) is 13.1. The molecule has 0 N–H and O–H groups in total. The summed E-state index contributed by atoms with van der Waals surface area (Å²) in [6.45, 7) is 7.91. The Morgan fingerprint density at radius 3 is 1.95 bits per heavy atom. The molecule has 0 amide bonds. The van der Waals surface area contributed by atoms with Crippen molar-refractivity contribution in [1.82, 2.24) is 0 Å². The quantitative estimate of drug-likeness (QED) is 0.223. The van der Waals surface area contributed by atoms with Crippen LogP contribution in [0.15, 0.2) is 82.3 Å². The van der Waals surface area contributed by atoms with Gasteiger partial charge >= 0.3 is 51.4 Å². The number of hydrogen-bond acceptors (Lipinski definition) is 7. The number of nitrogens with zero attached hydrogens (tertiary/aromatic N) is 2. The zero-order valence-corrected chi connectivity index (χ0v) is 27.3. The molecule has 0 fully saturated rings. The van der Waals surface area contributed by atoms with Crippen LogP contribution in [0.5, 0.6) is 0 Å². The Bertz CT molecular complexity index is 1650. The summed E-state index contributed by atoms with van der Waals surface area (Å²) in [6, 6.07) is 8.88. The maximum absolute atomic E-state index is 11.5. The fourth-order valence-electron chi connectivity index (χ4n) is 5.30. The molecule has 0 unspecified atom stereocenters. The van der Waals surface area contributed by atoms with Gasteiger partial charge in [-0.1, -0.05) is 32.1 Å². The van der Waals surface area contributed by atoms with Gasteiger partial charge in [-0.3, -0.25) is 0 Å². The third kappa shape index (κ3) is 5.45. The summed E-state index contributed by atoms with van der Waals surface area (Å²) in [7, 11) is -5.30. The monoisotopic (exact) mass is 580 g/mol. The molecule has 196 valence electrons. The molecule has 0 saturated carbocycles. The van der Waals surface area contributed by atoms with Gasteiger partial charge in [0.25, 0.3) is 0 Å². The van der Waals surface area contributed by atoms with E-state index in [9.17, 15) is 25.9 Å². The molecular weight excluding hydrogens is 552 g/mol. The van der Waals surface area contributed by atoms with Crippen LogP contribution in [0.4, 0.5) is 11.4 Å². The second-order valence-electron chi connectivity index (χ2n) is 10.3. The number of anilines is 1. The maximum atomic E-state index is 11.5. The van der Waals surface area contributed by atoms with E-state index in [1.165, 1.54) is 24.3 Å². The van der Waals surface area contributed by atoms with Crippen LogP contribution in [0.25, 0.3) is 0 Å². The topological polar surface area (TPSA) is 121 Å². The zero-order valence-electron chi connectivity index (χ0n) is 22.5. The van der Waals surface area contributed by atoms with Gasteiger partial charge in [-0.25, -0.2) is 16.8 Å². The number of rotatable bonds is 5. The van der Waals surface area contributed by atoms with E-state index in [1.807, 2.05) is 81.6 Å². The van der Waals surface area contributed by atoms with Crippen molar-refractivity contribution < 1.29 is 81.9 Å². The van der Waals surface area contributed by atoms with E-state index in [4.69, 9.17) is 0 Å². The van der Waals surface area contributed by atoms with Gasteiger partial charge in [0.15, 0.2) is 5.71 Å². The van der Waals surface area contributed by atoms with Crippen LogP contribution in [0.3, 0.4) is 0 Å². The second kappa shape index (κ2) is 10.5. The summed E-state index contributed by atoms with van der Waals surface area (Å²) >= 11 is 0. The van der Waals surface area contributed by atoms with Crippen molar-refractivity contribution in [3.63, 3.8) is 0 Å². The van der Waals surface area contributed by atoms with Crippen molar-refractivity contribution in [3.05, 3.63) is 83.6 Å². The predicted molar refractivity (Wildman–Crippen MR) is 140 cm³/mol. The van der Waals surface area contributed by atoms with E-state index < -0.39 is 31.1 Å². The van der Waals surface area contributed by atoms with E-state index in [-0.39, 0.29) is 61.2 Å². The molecule has 2 aromatic rings. The Kier molecular flexibility index (Phi) is 8.62. The molecule has 0 atom stereocenters. The molecule has 0 spiro atoms. The first kappa shape index (κ1) is 31.1. The Balaban J connectivity index is 0.00000400. The van der Waals surface area contributed by atoms with Crippen LogP contribution in [-0.2, 0) is 31.1 Å². The molecule has 0 radical (unpaired) electrons.